The number of aromatic nitrogens is 1. The van der Waals surface area contributed by atoms with Gasteiger partial charge in [0.2, 0.25) is 11.5 Å². The summed E-state index contributed by atoms with van der Waals surface area (Å²) in [4.78, 5) is 83.8. The number of thiazole rings is 1. The lowest BCUT2D eigenvalue weighted by Crippen LogP contribution is -2.68. The number of nitrogens with one attached hydrogen (secondary N) is 1. The zero-order valence-electron chi connectivity index (χ0n) is 45.3. The molecule has 420 valence electrons. The highest BCUT2D eigenvalue weighted by atomic mass is 35.5. The van der Waals surface area contributed by atoms with Crippen molar-refractivity contribution in [1.82, 2.24) is 20.1 Å². The van der Waals surface area contributed by atoms with Gasteiger partial charge in [-0.3, -0.25) is 14.4 Å². The van der Waals surface area contributed by atoms with E-state index in [4.69, 9.17) is 50.6 Å². The summed E-state index contributed by atoms with van der Waals surface area (Å²) in [6.45, 7) is 8.28. The Bertz CT molecular complexity index is 3180. The number of carbonyl (C=O) groups excluding carboxylic acids is 5. The van der Waals surface area contributed by atoms with Crippen LogP contribution in [0.1, 0.15) is 79.0 Å². The van der Waals surface area contributed by atoms with E-state index in [9.17, 15) is 19.2 Å². The smallest absolute Gasteiger partial charge is 0.353 e. The summed E-state index contributed by atoms with van der Waals surface area (Å²) in [5, 5.41) is 7.76. The average molecular weight is 1170 g/mol. The van der Waals surface area contributed by atoms with Gasteiger partial charge in [0.1, 0.15) is 47.4 Å². The number of oxime groups is 1. The van der Waals surface area contributed by atoms with Gasteiger partial charge >= 0.3 is 11.9 Å². The Labute approximate surface area is 481 Å². The number of hydrogen-bond acceptors (Lipinski definition) is 18. The first kappa shape index (κ1) is 58.7. The number of methoxy groups -OCH3 is 2. The molecule has 2 aliphatic rings. The highest BCUT2D eigenvalue weighted by Gasteiger charge is 2.63. The highest BCUT2D eigenvalue weighted by Crippen LogP contribution is 2.54. The van der Waals surface area contributed by atoms with E-state index in [1.807, 2.05) is 109 Å². The lowest BCUT2D eigenvalue weighted by atomic mass is 10.0. The SMILES string of the molecule is COc1ccc(COc2ccc(C(=O)N(C)CCS[C@]3(C(=O)OC(c4ccccc4)c4ccccc4)CN4C(=O)[C@@H](NC(=O)/C(=N\OC(C)(C)C(=O)OC(C)(C)C)c5csc(N)n5)[C@H]4S3)c(Cl)c2OCc2ccc(OC)cc2)cc1. The molecule has 5 aromatic carbocycles. The topological polar surface area (TPSA) is 220 Å². The molecule has 6 aromatic rings. The first-order valence-corrected chi connectivity index (χ1v) is 28.4. The Morgan fingerprint density at radius 1 is 0.863 bits per heavy atom. The molecule has 3 amide bonds. The maximum absolute atomic E-state index is 15.1. The van der Waals surface area contributed by atoms with E-state index >= 15 is 4.79 Å². The molecule has 22 heteroatoms. The van der Waals surface area contributed by atoms with Gasteiger partial charge in [0.05, 0.1) is 31.4 Å². The van der Waals surface area contributed by atoms with Crippen molar-refractivity contribution in [3.63, 3.8) is 0 Å². The molecule has 0 aliphatic carbocycles. The van der Waals surface area contributed by atoms with Crippen molar-refractivity contribution in [2.45, 2.75) is 80.6 Å². The quantitative estimate of drug-likeness (QED) is 0.0264. The summed E-state index contributed by atoms with van der Waals surface area (Å²) in [7, 11) is 4.79. The number of nitrogens with zero attached hydrogens (tertiary/aromatic N) is 4. The van der Waals surface area contributed by atoms with E-state index in [0.717, 1.165) is 45.4 Å². The molecular weight excluding hydrogens is 1100 g/mol. The molecule has 80 heavy (non-hydrogen) atoms. The fourth-order valence-electron chi connectivity index (χ4n) is 8.22. The van der Waals surface area contributed by atoms with Gasteiger partial charge in [0.25, 0.3) is 11.8 Å². The predicted molar refractivity (Wildman–Crippen MR) is 308 cm³/mol. The number of amides is 3. The Morgan fingerprint density at radius 3 is 2.00 bits per heavy atom. The fourth-order valence-corrected chi connectivity index (χ4v) is 12.3. The molecule has 1 aromatic heterocycles. The van der Waals surface area contributed by atoms with Crippen molar-refractivity contribution >= 4 is 87.0 Å². The first-order chi connectivity index (χ1) is 38.2. The molecule has 0 unspecified atom stereocenters. The number of fused-ring (bicyclic) bond motifs is 1. The molecule has 0 radical (unpaired) electrons. The summed E-state index contributed by atoms with van der Waals surface area (Å²) < 4.78 is 33.7. The number of esters is 2. The summed E-state index contributed by atoms with van der Waals surface area (Å²) in [5.74, 6) is -1.06. The Balaban J connectivity index is 1.03. The summed E-state index contributed by atoms with van der Waals surface area (Å²) in [5.41, 5.74) is 6.43. The maximum Gasteiger partial charge on any atom is 0.353 e. The number of benzene rings is 5. The third-order valence-corrected chi connectivity index (χ3v) is 16.9. The van der Waals surface area contributed by atoms with Gasteiger partial charge in [0, 0.05) is 24.7 Å². The van der Waals surface area contributed by atoms with Crippen molar-refractivity contribution in [3.05, 3.63) is 165 Å². The number of nitrogen functional groups attached to an aromatic ring is 1. The number of ether oxygens (including phenoxy) is 6. The van der Waals surface area contributed by atoms with Gasteiger partial charge in [0.15, 0.2) is 32.5 Å². The lowest BCUT2D eigenvalue weighted by molar-refractivity contribution is -0.179. The van der Waals surface area contributed by atoms with Gasteiger partial charge in [-0.2, -0.15) is 0 Å². The second kappa shape index (κ2) is 25.3. The second-order valence-electron chi connectivity index (χ2n) is 20.0. The number of halogens is 1. The predicted octanol–water partition coefficient (Wildman–Crippen LogP) is 9.33. The van der Waals surface area contributed by atoms with Gasteiger partial charge in [-0.15, -0.1) is 34.9 Å². The largest absolute Gasteiger partial charge is 0.497 e. The molecule has 3 N–H and O–H groups in total. The van der Waals surface area contributed by atoms with Crippen LogP contribution < -0.4 is 30.0 Å². The number of carbonyl (C=O) groups is 5. The molecule has 0 spiro atoms. The van der Waals surface area contributed by atoms with Crippen LogP contribution in [0.25, 0.3) is 0 Å². The molecular formula is C58H61ClN6O12S3. The summed E-state index contributed by atoms with van der Waals surface area (Å²) in [6.07, 6.45) is -0.827. The third-order valence-electron chi connectivity index (χ3n) is 12.6. The van der Waals surface area contributed by atoms with Gasteiger partial charge in [-0.05, 0) is 93.3 Å². The zero-order chi connectivity index (χ0) is 57.4. The molecule has 0 saturated carbocycles. The van der Waals surface area contributed by atoms with Crippen molar-refractivity contribution in [2.75, 3.05) is 45.8 Å². The van der Waals surface area contributed by atoms with E-state index in [1.54, 1.807) is 54.2 Å². The average Bonchev–Trinajstić information content (AvgIpc) is 4.10. The number of hydrogen-bond donors (Lipinski definition) is 2. The van der Waals surface area contributed by atoms with Crippen LogP contribution in [-0.4, -0.2) is 117 Å². The molecule has 2 aliphatic heterocycles. The minimum Gasteiger partial charge on any atom is -0.497 e. The van der Waals surface area contributed by atoms with Gasteiger partial charge in [-0.25, -0.2) is 14.6 Å². The molecule has 0 bridgehead atoms. The molecule has 2 fully saturated rings. The van der Waals surface area contributed by atoms with Gasteiger partial charge < -0.3 is 54.1 Å². The van der Waals surface area contributed by atoms with Gasteiger partial charge in [-0.1, -0.05) is 102 Å². The highest BCUT2D eigenvalue weighted by molar-refractivity contribution is 8.20. The fraction of sp³-hybridized carbons (Fsp3) is 0.328. The van der Waals surface area contributed by atoms with Crippen molar-refractivity contribution < 1.29 is 57.2 Å². The van der Waals surface area contributed by atoms with E-state index < -0.39 is 62.5 Å². The number of rotatable bonds is 23. The third kappa shape index (κ3) is 13.9. The van der Waals surface area contributed by atoms with Crippen LogP contribution in [0.3, 0.4) is 0 Å². The standard InChI is InChI=1S/C58H61ClN6O12S3/c1-56(2,3)76-53(69)57(4,5)77-63-45(42-33-78-55(60)61-42)49(66)62-46-51(68)65-34-58(80-52(46)65,54(70)75-47(37-15-11-9-12-16-37)38-17-13-10-14-18-38)79-30-29-64(6)50(67)41-27-28-43(73-31-35-19-23-39(71-7)24-20-35)48(44(41)59)74-32-36-21-25-40(72-8)26-22-36/h9-28,33,46-47,52H,29-32,34H2,1-8H3,(H2,60,61)(H,62,66)/b63-45-/t46-,52-,58-/m1/s1. The lowest BCUT2D eigenvalue weighted by Gasteiger charge is -2.41. The van der Waals surface area contributed by atoms with Crippen LogP contribution in [0, 0.1) is 0 Å². The van der Waals surface area contributed by atoms with Crippen molar-refractivity contribution in [1.29, 1.82) is 0 Å². The molecule has 3 heterocycles. The monoisotopic (exact) mass is 1160 g/mol. The van der Waals surface area contributed by atoms with Crippen LogP contribution in [0.15, 0.2) is 132 Å². The number of nitrogens with two attached hydrogens (primary N) is 1. The van der Waals surface area contributed by atoms with Crippen LogP contribution in [0.2, 0.25) is 5.02 Å². The zero-order valence-corrected chi connectivity index (χ0v) is 48.5. The summed E-state index contributed by atoms with van der Waals surface area (Å²) in [6, 6.07) is 35.4. The normalized spacial score (nSPS) is 16.9. The molecule has 18 nitrogen and oxygen atoms in total. The van der Waals surface area contributed by atoms with Crippen LogP contribution in [0.4, 0.5) is 5.13 Å². The van der Waals surface area contributed by atoms with Crippen LogP contribution in [0.5, 0.6) is 23.0 Å². The number of anilines is 1. The minimum atomic E-state index is -1.64. The van der Waals surface area contributed by atoms with E-state index in [-0.39, 0.29) is 64.9 Å². The Hall–Kier alpha value is -7.46. The number of thioether (sulfide) groups is 2. The number of β-lactam (4-membered cyclic amide) rings is 1. The molecule has 2 saturated heterocycles. The Morgan fingerprint density at radius 2 is 1.45 bits per heavy atom. The minimum absolute atomic E-state index is 0.0373. The van der Waals surface area contributed by atoms with E-state index in [2.05, 4.69) is 15.5 Å². The van der Waals surface area contributed by atoms with Crippen molar-refractivity contribution in [3.8, 4) is 23.0 Å². The first-order valence-electron chi connectivity index (χ1n) is 25.2. The molecule has 3 atom stereocenters. The van der Waals surface area contributed by atoms with E-state index in [1.165, 1.54) is 40.8 Å². The summed E-state index contributed by atoms with van der Waals surface area (Å²) >= 11 is 10.5. The second-order valence-corrected chi connectivity index (χ2v) is 24.3. The Kier molecular flexibility index (Phi) is 18.6. The van der Waals surface area contributed by atoms with E-state index in [0.29, 0.717) is 17.2 Å². The molecule has 8 rings (SSSR count). The van der Waals surface area contributed by atoms with Crippen LogP contribution in [-0.2, 0) is 46.7 Å². The van der Waals surface area contributed by atoms with Crippen molar-refractivity contribution in [2.24, 2.45) is 5.16 Å². The maximum atomic E-state index is 15.1. The van der Waals surface area contributed by atoms with Crippen LogP contribution >= 0.6 is 46.5 Å².